The molecule has 0 spiro atoms. The Balaban J connectivity index is 1.88. The summed E-state index contributed by atoms with van der Waals surface area (Å²) in [6.45, 7) is 0. The number of hydrogen-bond donors (Lipinski definition) is 1. The first kappa shape index (κ1) is 13.6. The van der Waals surface area contributed by atoms with E-state index < -0.39 is 5.97 Å². The summed E-state index contributed by atoms with van der Waals surface area (Å²) in [7, 11) is 1.29. The van der Waals surface area contributed by atoms with E-state index in [2.05, 4.69) is 15.0 Å². The molecule has 0 unspecified atom stereocenters. The van der Waals surface area contributed by atoms with Crippen molar-refractivity contribution < 1.29 is 14.3 Å². The molecule has 98 valence electrons. The highest BCUT2D eigenvalue weighted by Crippen LogP contribution is 2.30. The van der Waals surface area contributed by atoms with E-state index in [0.29, 0.717) is 10.4 Å². The Hall–Kier alpha value is -0.790. The minimum Gasteiger partial charge on any atom is -0.465 e. The molecule has 1 aromatic rings. The topological polar surface area (TPSA) is 68.3 Å². The standard InChI is InChI=1S/C10H11ClN2O3S2/c1-16-9(15)7-8(11)13-10(18-7)17-4-6(14)12-5-2-3-5/h5H,2-4H2,1H3,(H,12,14). The van der Waals surface area contributed by atoms with Crippen LogP contribution in [0.2, 0.25) is 5.15 Å². The molecule has 1 saturated carbocycles. The van der Waals surface area contributed by atoms with Gasteiger partial charge >= 0.3 is 5.97 Å². The van der Waals surface area contributed by atoms with Crippen molar-refractivity contribution in [2.75, 3.05) is 12.9 Å². The SMILES string of the molecule is COC(=O)c1sc(SCC(=O)NC2CC2)nc1Cl. The number of methoxy groups -OCH3 is 1. The quantitative estimate of drug-likeness (QED) is 0.665. The minimum absolute atomic E-state index is 0.0200. The Morgan fingerprint density at radius 2 is 2.33 bits per heavy atom. The molecule has 1 aliphatic rings. The van der Waals surface area contributed by atoms with Crippen molar-refractivity contribution in [2.24, 2.45) is 0 Å². The lowest BCUT2D eigenvalue weighted by Gasteiger charge is -2.00. The number of hydrogen-bond acceptors (Lipinski definition) is 6. The zero-order valence-electron chi connectivity index (χ0n) is 9.57. The summed E-state index contributed by atoms with van der Waals surface area (Å²) in [6.07, 6.45) is 2.12. The van der Waals surface area contributed by atoms with Crippen LogP contribution in [0, 0.1) is 0 Å². The third-order valence-electron chi connectivity index (χ3n) is 2.21. The molecule has 1 heterocycles. The number of ether oxygens (including phenoxy) is 1. The van der Waals surface area contributed by atoms with Crippen LogP contribution in [0.25, 0.3) is 0 Å². The molecule has 0 atom stereocenters. The first-order valence-electron chi connectivity index (χ1n) is 5.27. The van der Waals surface area contributed by atoms with Crippen molar-refractivity contribution in [1.29, 1.82) is 0 Å². The van der Waals surface area contributed by atoms with Gasteiger partial charge in [0.1, 0.15) is 0 Å². The fourth-order valence-electron chi connectivity index (χ4n) is 1.19. The maximum Gasteiger partial charge on any atom is 0.351 e. The van der Waals surface area contributed by atoms with E-state index in [9.17, 15) is 9.59 Å². The van der Waals surface area contributed by atoms with Gasteiger partial charge in [0.25, 0.3) is 0 Å². The number of halogens is 1. The van der Waals surface area contributed by atoms with Crippen molar-refractivity contribution in [1.82, 2.24) is 10.3 Å². The number of carbonyl (C=O) groups is 2. The molecule has 5 nitrogen and oxygen atoms in total. The van der Waals surface area contributed by atoms with Crippen LogP contribution in [0.3, 0.4) is 0 Å². The van der Waals surface area contributed by atoms with Gasteiger partial charge in [-0.2, -0.15) is 0 Å². The number of rotatable bonds is 5. The molecule has 0 bridgehead atoms. The van der Waals surface area contributed by atoms with Crippen LogP contribution in [0.1, 0.15) is 22.5 Å². The molecule has 2 rings (SSSR count). The first-order valence-corrected chi connectivity index (χ1v) is 7.45. The molecule has 1 N–H and O–H groups in total. The molecule has 0 aliphatic heterocycles. The number of nitrogens with one attached hydrogen (secondary N) is 1. The summed E-state index contributed by atoms with van der Waals surface area (Å²) in [6, 6.07) is 0.351. The van der Waals surface area contributed by atoms with Crippen molar-refractivity contribution in [3.05, 3.63) is 10.0 Å². The van der Waals surface area contributed by atoms with Crippen LogP contribution in [0.5, 0.6) is 0 Å². The van der Waals surface area contributed by atoms with E-state index in [-0.39, 0.29) is 21.7 Å². The third kappa shape index (κ3) is 3.60. The Morgan fingerprint density at radius 3 is 2.94 bits per heavy atom. The summed E-state index contributed by atoms with van der Waals surface area (Å²) >= 11 is 8.21. The summed E-state index contributed by atoms with van der Waals surface area (Å²) in [5, 5.41) is 2.99. The molecular weight excluding hydrogens is 296 g/mol. The Bertz CT molecular complexity index is 474. The molecule has 1 fully saturated rings. The average Bonchev–Trinajstić information content (AvgIpc) is 3.07. The van der Waals surface area contributed by atoms with Crippen LogP contribution in [-0.2, 0) is 9.53 Å². The fraction of sp³-hybridized carbons (Fsp3) is 0.500. The van der Waals surface area contributed by atoms with Crippen LogP contribution in [0.4, 0.5) is 0 Å². The molecule has 18 heavy (non-hydrogen) atoms. The maximum atomic E-state index is 11.5. The minimum atomic E-state index is -0.508. The summed E-state index contributed by atoms with van der Waals surface area (Å²) in [5.41, 5.74) is 0. The zero-order chi connectivity index (χ0) is 13.1. The predicted molar refractivity (Wildman–Crippen MR) is 70.4 cm³/mol. The summed E-state index contributed by atoms with van der Waals surface area (Å²) in [4.78, 5) is 27.1. The van der Waals surface area contributed by atoms with Crippen molar-refractivity contribution in [2.45, 2.75) is 23.2 Å². The molecule has 8 heteroatoms. The maximum absolute atomic E-state index is 11.5. The Kier molecular flexibility index (Phi) is 4.47. The molecule has 1 amide bonds. The lowest BCUT2D eigenvalue weighted by Crippen LogP contribution is -2.26. The zero-order valence-corrected chi connectivity index (χ0v) is 12.0. The number of thioether (sulfide) groups is 1. The fourth-order valence-corrected chi connectivity index (χ4v) is 3.33. The van der Waals surface area contributed by atoms with E-state index >= 15 is 0 Å². The van der Waals surface area contributed by atoms with Gasteiger partial charge < -0.3 is 10.1 Å². The van der Waals surface area contributed by atoms with Gasteiger partial charge in [0.05, 0.1) is 12.9 Å². The molecule has 1 aromatic heterocycles. The second-order valence-electron chi connectivity index (χ2n) is 3.72. The van der Waals surface area contributed by atoms with E-state index in [0.717, 1.165) is 24.2 Å². The highest BCUT2D eigenvalue weighted by Gasteiger charge is 2.23. The molecule has 0 aromatic carbocycles. The van der Waals surface area contributed by atoms with Gasteiger partial charge in [-0.25, -0.2) is 9.78 Å². The third-order valence-corrected chi connectivity index (χ3v) is 4.77. The molecular formula is C10H11ClN2O3S2. The van der Waals surface area contributed by atoms with Gasteiger partial charge in [-0.3, -0.25) is 4.79 Å². The predicted octanol–water partition coefficient (Wildman–Crippen LogP) is 1.95. The largest absolute Gasteiger partial charge is 0.465 e. The number of aromatic nitrogens is 1. The Labute approximate surface area is 117 Å². The molecule has 0 saturated heterocycles. The summed E-state index contributed by atoms with van der Waals surface area (Å²) < 4.78 is 5.16. The Morgan fingerprint density at radius 1 is 1.61 bits per heavy atom. The van der Waals surface area contributed by atoms with Crippen LogP contribution >= 0.6 is 34.7 Å². The van der Waals surface area contributed by atoms with Crippen molar-refractivity contribution in [3.8, 4) is 0 Å². The number of esters is 1. The van der Waals surface area contributed by atoms with Gasteiger partial charge in [0.2, 0.25) is 5.91 Å². The van der Waals surface area contributed by atoms with Gasteiger partial charge in [-0.15, -0.1) is 0 Å². The van der Waals surface area contributed by atoms with Crippen LogP contribution < -0.4 is 5.32 Å². The van der Waals surface area contributed by atoms with E-state index in [4.69, 9.17) is 11.6 Å². The van der Waals surface area contributed by atoms with E-state index in [1.165, 1.54) is 18.9 Å². The van der Waals surface area contributed by atoms with Crippen LogP contribution in [0.15, 0.2) is 4.34 Å². The highest BCUT2D eigenvalue weighted by atomic mass is 35.5. The molecule has 1 aliphatic carbocycles. The molecule has 0 radical (unpaired) electrons. The van der Waals surface area contributed by atoms with Gasteiger partial charge in [0.15, 0.2) is 14.4 Å². The van der Waals surface area contributed by atoms with Crippen LogP contribution in [-0.4, -0.2) is 35.8 Å². The monoisotopic (exact) mass is 306 g/mol. The highest BCUT2D eigenvalue weighted by molar-refractivity contribution is 8.01. The number of amides is 1. The number of thiazole rings is 1. The van der Waals surface area contributed by atoms with Crippen molar-refractivity contribution >= 4 is 46.6 Å². The normalized spacial score (nSPS) is 14.3. The smallest absolute Gasteiger partial charge is 0.351 e. The summed E-state index contributed by atoms with van der Waals surface area (Å²) in [5.74, 6) is -0.249. The van der Waals surface area contributed by atoms with Gasteiger partial charge in [-0.05, 0) is 12.8 Å². The number of carbonyl (C=O) groups excluding carboxylic acids is 2. The lowest BCUT2D eigenvalue weighted by molar-refractivity contribution is -0.118. The first-order chi connectivity index (χ1) is 8.60. The van der Waals surface area contributed by atoms with Crippen molar-refractivity contribution in [3.63, 3.8) is 0 Å². The average molecular weight is 307 g/mol. The number of nitrogens with zero attached hydrogens (tertiary/aromatic N) is 1. The lowest BCUT2D eigenvalue weighted by atomic mass is 10.6. The van der Waals surface area contributed by atoms with Gasteiger partial charge in [0, 0.05) is 6.04 Å². The van der Waals surface area contributed by atoms with Gasteiger partial charge in [-0.1, -0.05) is 34.7 Å². The second kappa shape index (κ2) is 5.90. The second-order valence-corrected chi connectivity index (χ2v) is 6.30. The van der Waals surface area contributed by atoms with E-state index in [1.54, 1.807) is 0 Å². The van der Waals surface area contributed by atoms with E-state index in [1.807, 2.05) is 0 Å².